The van der Waals surface area contributed by atoms with Crippen LogP contribution < -0.4 is 20.1 Å². The Morgan fingerprint density at radius 3 is 2.42 bits per heavy atom. The minimum absolute atomic E-state index is 0.0394. The molecule has 1 amide bonds. The Morgan fingerprint density at radius 1 is 1.00 bits per heavy atom. The summed E-state index contributed by atoms with van der Waals surface area (Å²) < 4.78 is 15.1. The summed E-state index contributed by atoms with van der Waals surface area (Å²) in [6, 6.07) is 9.69. The smallest absolute Gasteiger partial charge is 0.337 e. The summed E-state index contributed by atoms with van der Waals surface area (Å²) in [7, 11) is 4.36. The van der Waals surface area contributed by atoms with Crippen LogP contribution >= 0.6 is 11.6 Å². The van der Waals surface area contributed by atoms with Gasteiger partial charge in [-0.3, -0.25) is 4.79 Å². The Hall–Kier alpha value is -2.93. The predicted molar refractivity (Wildman–Crippen MR) is 99.5 cm³/mol. The molecule has 0 spiro atoms. The lowest BCUT2D eigenvalue weighted by atomic mass is 10.2. The second kappa shape index (κ2) is 8.96. The van der Waals surface area contributed by atoms with Crippen molar-refractivity contribution in [3.63, 3.8) is 0 Å². The number of methoxy groups -OCH3 is 3. The van der Waals surface area contributed by atoms with Crippen LogP contribution in [0.3, 0.4) is 0 Å². The van der Waals surface area contributed by atoms with E-state index in [-0.39, 0.29) is 18.0 Å². The van der Waals surface area contributed by atoms with Gasteiger partial charge in [-0.2, -0.15) is 0 Å². The van der Waals surface area contributed by atoms with Crippen LogP contribution in [-0.4, -0.2) is 39.8 Å². The van der Waals surface area contributed by atoms with E-state index in [1.807, 2.05) is 0 Å². The standard InChI is InChI=1S/C18H19ClN2O5/c1-24-12-5-7-16(25-2)15(9-12)20-10-17(22)21-14-8-11(18(23)26-3)4-6-13(14)19/h4-9,20H,10H2,1-3H3,(H,21,22). The molecule has 138 valence electrons. The van der Waals surface area contributed by atoms with Gasteiger partial charge in [0.2, 0.25) is 5.91 Å². The van der Waals surface area contributed by atoms with Crippen LogP contribution in [0.1, 0.15) is 10.4 Å². The zero-order valence-corrected chi connectivity index (χ0v) is 15.3. The highest BCUT2D eigenvalue weighted by Gasteiger charge is 2.12. The average molecular weight is 379 g/mol. The molecule has 0 atom stereocenters. The highest BCUT2D eigenvalue weighted by atomic mass is 35.5. The number of carbonyl (C=O) groups is 2. The van der Waals surface area contributed by atoms with E-state index >= 15 is 0 Å². The van der Waals surface area contributed by atoms with Crippen LogP contribution in [0.25, 0.3) is 0 Å². The van der Waals surface area contributed by atoms with E-state index in [4.69, 9.17) is 21.1 Å². The topological polar surface area (TPSA) is 85.9 Å². The summed E-state index contributed by atoms with van der Waals surface area (Å²) in [5.41, 5.74) is 1.21. The molecule has 0 saturated carbocycles. The van der Waals surface area contributed by atoms with Crippen molar-refractivity contribution >= 4 is 34.9 Å². The van der Waals surface area contributed by atoms with Gasteiger partial charge in [0.05, 0.1) is 49.8 Å². The zero-order valence-electron chi connectivity index (χ0n) is 14.6. The summed E-state index contributed by atoms with van der Waals surface area (Å²) >= 11 is 6.07. The van der Waals surface area contributed by atoms with E-state index in [1.54, 1.807) is 25.3 Å². The second-order valence-electron chi connectivity index (χ2n) is 5.15. The molecule has 8 heteroatoms. The molecule has 0 radical (unpaired) electrons. The SMILES string of the molecule is COC(=O)c1ccc(Cl)c(NC(=O)CNc2cc(OC)ccc2OC)c1. The zero-order chi connectivity index (χ0) is 19.1. The first-order valence-electron chi connectivity index (χ1n) is 7.62. The van der Waals surface area contributed by atoms with E-state index in [9.17, 15) is 9.59 Å². The number of carbonyl (C=O) groups excluding carboxylic acids is 2. The van der Waals surface area contributed by atoms with Gasteiger partial charge >= 0.3 is 5.97 Å². The van der Waals surface area contributed by atoms with Crippen LogP contribution in [-0.2, 0) is 9.53 Å². The molecule has 0 unspecified atom stereocenters. The van der Waals surface area contributed by atoms with Crippen molar-refractivity contribution in [1.29, 1.82) is 0 Å². The number of amides is 1. The van der Waals surface area contributed by atoms with Crippen molar-refractivity contribution in [1.82, 2.24) is 0 Å². The number of halogens is 1. The Kier molecular flexibility index (Phi) is 6.68. The van der Waals surface area contributed by atoms with Gasteiger partial charge in [0, 0.05) is 6.07 Å². The number of hydrogen-bond donors (Lipinski definition) is 2. The first kappa shape index (κ1) is 19.4. The third-order valence-corrected chi connectivity index (χ3v) is 3.84. The van der Waals surface area contributed by atoms with Crippen molar-refractivity contribution < 1.29 is 23.8 Å². The molecule has 2 N–H and O–H groups in total. The fraction of sp³-hybridized carbons (Fsp3) is 0.222. The fourth-order valence-electron chi connectivity index (χ4n) is 2.19. The summed E-state index contributed by atoms with van der Waals surface area (Å²) in [6.45, 7) is -0.0394. The first-order chi connectivity index (χ1) is 12.5. The van der Waals surface area contributed by atoms with Gasteiger partial charge in [-0.15, -0.1) is 0 Å². The minimum atomic E-state index is -0.517. The third kappa shape index (κ3) is 4.80. The van der Waals surface area contributed by atoms with Gasteiger partial charge in [-0.25, -0.2) is 4.79 Å². The first-order valence-corrected chi connectivity index (χ1v) is 8.00. The highest BCUT2D eigenvalue weighted by molar-refractivity contribution is 6.33. The van der Waals surface area contributed by atoms with Crippen LogP contribution in [0.4, 0.5) is 11.4 Å². The predicted octanol–water partition coefficient (Wildman–Crippen LogP) is 3.19. The summed E-state index contributed by atoms with van der Waals surface area (Å²) in [5.74, 6) is 0.335. The molecule has 2 aromatic rings. The summed E-state index contributed by atoms with van der Waals surface area (Å²) in [4.78, 5) is 23.8. The fourth-order valence-corrected chi connectivity index (χ4v) is 2.35. The normalized spacial score (nSPS) is 10.0. The van der Waals surface area contributed by atoms with Crippen molar-refractivity contribution in [2.45, 2.75) is 0 Å². The molecule has 0 aromatic heterocycles. The summed E-state index contributed by atoms with van der Waals surface area (Å²) in [6.07, 6.45) is 0. The molecular formula is C18H19ClN2O5. The van der Waals surface area contributed by atoms with Crippen molar-refractivity contribution in [2.75, 3.05) is 38.5 Å². The molecule has 0 aliphatic heterocycles. The van der Waals surface area contributed by atoms with E-state index in [1.165, 1.54) is 32.4 Å². The molecule has 7 nitrogen and oxygen atoms in total. The molecule has 0 bridgehead atoms. The van der Waals surface area contributed by atoms with Gasteiger partial charge in [-0.05, 0) is 30.3 Å². The molecule has 0 heterocycles. The molecule has 26 heavy (non-hydrogen) atoms. The van der Waals surface area contributed by atoms with Crippen LogP contribution in [0, 0.1) is 0 Å². The Labute approximate surface area is 156 Å². The number of hydrogen-bond acceptors (Lipinski definition) is 6. The minimum Gasteiger partial charge on any atom is -0.497 e. The van der Waals surface area contributed by atoms with Gasteiger partial charge in [0.25, 0.3) is 0 Å². The maximum atomic E-state index is 12.2. The molecule has 0 aliphatic rings. The number of rotatable bonds is 7. The van der Waals surface area contributed by atoms with Crippen LogP contribution in [0.2, 0.25) is 5.02 Å². The maximum absolute atomic E-state index is 12.2. The number of anilines is 2. The molecular weight excluding hydrogens is 360 g/mol. The van der Waals surface area contributed by atoms with E-state index < -0.39 is 5.97 Å². The number of nitrogens with one attached hydrogen (secondary N) is 2. The lowest BCUT2D eigenvalue weighted by Crippen LogP contribution is -2.22. The molecule has 2 rings (SSSR count). The maximum Gasteiger partial charge on any atom is 0.337 e. The quantitative estimate of drug-likeness (QED) is 0.719. The van der Waals surface area contributed by atoms with Gasteiger partial charge in [-0.1, -0.05) is 11.6 Å². The number of benzene rings is 2. The lowest BCUT2D eigenvalue weighted by Gasteiger charge is -2.13. The van der Waals surface area contributed by atoms with E-state index in [0.29, 0.717) is 27.9 Å². The Balaban J connectivity index is 2.07. The average Bonchev–Trinajstić information content (AvgIpc) is 2.67. The second-order valence-corrected chi connectivity index (χ2v) is 5.56. The number of ether oxygens (including phenoxy) is 3. The third-order valence-electron chi connectivity index (χ3n) is 3.51. The molecule has 2 aromatic carbocycles. The van der Waals surface area contributed by atoms with Gasteiger partial charge in [0.15, 0.2) is 0 Å². The van der Waals surface area contributed by atoms with E-state index in [0.717, 1.165) is 0 Å². The number of esters is 1. The highest BCUT2D eigenvalue weighted by Crippen LogP contribution is 2.29. The van der Waals surface area contributed by atoms with Gasteiger partial charge < -0.3 is 24.8 Å². The van der Waals surface area contributed by atoms with Crippen molar-refractivity contribution in [3.05, 3.63) is 47.0 Å². The van der Waals surface area contributed by atoms with E-state index in [2.05, 4.69) is 15.4 Å². The monoisotopic (exact) mass is 378 g/mol. The largest absolute Gasteiger partial charge is 0.497 e. The lowest BCUT2D eigenvalue weighted by molar-refractivity contribution is -0.114. The summed E-state index contributed by atoms with van der Waals surface area (Å²) in [5, 5.41) is 5.94. The van der Waals surface area contributed by atoms with Crippen molar-refractivity contribution in [3.8, 4) is 11.5 Å². The Morgan fingerprint density at radius 2 is 1.77 bits per heavy atom. The van der Waals surface area contributed by atoms with Crippen LogP contribution in [0.15, 0.2) is 36.4 Å². The Bertz CT molecular complexity index is 810. The molecule has 0 aliphatic carbocycles. The molecule has 0 fully saturated rings. The van der Waals surface area contributed by atoms with Gasteiger partial charge in [0.1, 0.15) is 11.5 Å². The van der Waals surface area contributed by atoms with Crippen molar-refractivity contribution in [2.24, 2.45) is 0 Å². The van der Waals surface area contributed by atoms with Crippen LogP contribution in [0.5, 0.6) is 11.5 Å². The molecule has 0 saturated heterocycles.